The molecule has 2 aromatic heterocycles. The highest BCUT2D eigenvalue weighted by Gasteiger charge is 2.10. The van der Waals surface area contributed by atoms with Crippen LogP contribution in [0.15, 0.2) is 40.2 Å². The lowest BCUT2D eigenvalue weighted by Crippen LogP contribution is -1.96. The summed E-state index contributed by atoms with van der Waals surface area (Å²) in [7, 11) is 0. The van der Waals surface area contributed by atoms with E-state index < -0.39 is 0 Å². The van der Waals surface area contributed by atoms with Crippen molar-refractivity contribution in [1.29, 1.82) is 0 Å². The monoisotopic (exact) mass is 319 g/mol. The number of benzene rings is 1. The van der Waals surface area contributed by atoms with Gasteiger partial charge >= 0.3 is 0 Å². The van der Waals surface area contributed by atoms with Gasteiger partial charge in [0.2, 0.25) is 0 Å². The van der Waals surface area contributed by atoms with Crippen LogP contribution >= 0.6 is 27.3 Å². The molecule has 3 aromatic rings. The van der Waals surface area contributed by atoms with Crippen LogP contribution in [0.25, 0.3) is 21.6 Å². The minimum atomic E-state index is 0.460. The number of pyridine rings is 1. The highest BCUT2D eigenvalue weighted by molar-refractivity contribution is 9.10. The Balaban J connectivity index is 2.19. The molecular weight excluding hydrogens is 310 g/mol. The molecule has 0 amide bonds. The van der Waals surface area contributed by atoms with Crippen molar-refractivity contribution in [2.45, 2.75) is 6.54 Å². The number of fused-ring (bicyclic) bond motifs is 1. The van der Waals surface area contributed by atoms with E-state index in [1.165, 1.54) is 0 Å². The zero-order valence-corrected chi connectivity index (χ0v) is 11.8. The van der Waals surface area contributed by atoms with Crippen molar-refractivity contribution in [2.75, 3.05) is 0 Å². The standard InChI is InChI=1S/C13H10BrN3S/c14-10-5-8-3-1-2-4-11(8)17-12(10)13-16-9(6-15)7-18-13/h1-5,7H,6,15H2. The Hall–Kier alpha value is -1.30. The van der Waals surface area contributed by atoms with Gasteiger partial charge in [-0.3, -0.25) is 0 Å². The van der Waals surface area contributed by atoms with Crippen molar-refractivity contribution in [1.82, 2.24) is 9.97 Å². The molecule has 0 bridgehead atoms. The summed E-state index contributed by atoms with van der Waals surface area (Å²) in [5, 5.41) is 3.98. The van der Waals surface area contributed by atoms with E-state index in [1.54, 1.807) is 11.3 Å². The number of hydrogen-bond donors (Lipinski definition) is 1. The molecule has 0 saturated carbocycles. The molecule has 2 N–H and O–H groups in total. The SMILES string of the molecule is NCc1csc(-c2nc3ccccc3cc2Br)n1. The van der Waals surface area contributed by atoms with Gasteiger partial charge in [-0.25, -0.2) is 9.97 Å². The normalized spacial score (nSPS) is 11.0. The minimum Gasteiger partial charge on any atom is -0.325 e. The molecule has 0 atom stereocenters. The van der Waals surface area contributed by atoms with Crippen LogP contribution in [0.4, 0.5) is 0 Å². The third-order valence-electron chi connectivity index (χ3n) is 2.64. The van der Waals surface area contributed by atoms with E-state index in [1.807, 2.05) is 29.6 Å². The van der Waals surface area contributed by atoms with Crippen molar-refractivity contribution in [3.63, 3.8) is 0 Å². The largest absolute Gasteiger partial charge is 0.325 e. The van der Waals surface area contributed by atoms with Crippen LogP contribution in [0.5, 0.6) is 0 Å². The number of thiazole rings is 1. The number of aromatic nitrogens is 2. The maximum absolute atomic E-state index is 5.58. The van der Waals surface area contributed by atoms with Crippen LogP contribution in [-0.4, -0.2) is 9.97 Å². The van der Waals surface area contributed by atoms with Crippen molar-refractivity contribution in [2.24, 2.45) is 5.73 Å². The second kappa shape index (κ2) is 4.76. The predicted octanol–water partition coefficient (Wildman–Crippen LogP) is 3.58. The molecule has 0 saturated heterocycles. The first kappa shape index (κ1) is 11.8. The smallest absolute Gasteiger partial charge is 0.143 e. The minimum absolute atomic E-state index is 0.460. The molecule has 90 valence electrons. The van der Waals surface area contributed by atoms with Gasteiger partial charge in [0.15, 0.2) is 0 Å². The molecule has 0 aliphatic heterocycles. The maximum atomic E-state index is 5.58. The van der Waals surface area contributed by atoms with Gasteiger partial charge in [0.25, 0.3) is 0 Å². The predicted molar refractivity (Wildman–Crippen MR) is 78.4 cm³/mol. The summed E-state index contributed by atoms with van der Waals surface area (Å²) in [6, 6.07) is 10.1. The highest BCUT2D eigenvalue weighted by atomic mass is 79.9. The first-order chi connectivity index (χ1) is 8.78. The Labute approximate surface area is 117 Å². The summed E-state index contributed by atoms with van der Waals surface area (Å²) in [4.78, 5) is 9.12. The summed E-state index contributed by atoms with van der Waals surface area (Å²) in [5.41, 5.74) is 8.33. The van der Waals surface area contributed by atoms with Gasteiger partial charge < -0.3 is 5.73 Å². The average molecular weight is 320 g/mol. The number of nitrogens with zero attached hydrogens (tertiary/aromatic N) is 2. The van der Waals surface area contributed by atoms with Crippen LogP contribution in [0.2, 0.25) is 0 Å². The topological polar surface area (TPSA) is 51.8 Å². The molecule has 0 aliphatic carbocycles. The number of hydrogen-bond acceptors (Lipinski definition) is 4. The van der Waals surface area contributed by atoms with Crippen molar-refractivity contribution in [3.05, 3.63) is 45.9 Å². The van der Waals surface area contributed by atoms with Crippen LogP contribution in [0.3, 0.4) is 0 Å². The molecule has 3 rings (SSSR count). The van der Waals surface area contributed by atoms with Crippen LogP contribution < -0.4 is 5.73 Å². The summed E-state index contributed by atoms with van der Waals surface area (Å²) in [5.74, 6) is 0. The molecule has 0 unspecified atom stereocenters. The van der Waals surface area contributed by atoms with Gasteiger partial charge in [0, 0.05) is 21.8 Å². The molecule has 2 heterocycles. The molecular formula is C13H10BrN3S. The molecule has 3 nitrogen and oxygen atoms in total. The summed E-state index contributed by atoms with van der Waals surface area (Å²) >= 11 is 5.12. The molecule has 1 aromatic carbocycles. The fraction of sp³-hybridized carbons (Fsp3) is 0.0769. The highest BCUT2D eigenvalue weighted by Crippen LogP contribution is 2.31. The first-order valence-corrected chi connectivity index (χ1v) is 7.15. The molecule has 0 spiro atoms. The van der Waals surface area contributed by atoms with Gasteiger partial charge in [-0.05, 0) is 28.1 Å². The van der Waals surface area contributed by atoms with Gasteiger partial charge in [-0.1, -0.05) is 18.2 Å². The summed E-state index contributed by atoms with van der Waals surface area (Å²) in [6.45, 7) is 0.460. The van der Waals surface area contributed by atoms with E-state index in [9.17, 15) is 0 Å². The lowest BCUT2D eigenvalue weighted by molar-refractivity contribution is 1.01. The Morgan fingerprint density at radius 3 is 2.83 bits per heavy atom. The van der Waals surface area contributed by atoms with Gasteiger partial charge in [-0.2, -0.15) is 0 Å². The Morgan fingerprint density at radius 1 is 1.22 bits per heavy atom. The Kier molecular flexibility index (Phi) is 3.11. The van der Waals surface area contributed by atoms with E-state index in [4.69, 9.17) is 5.73 Å². The zero-order valence-electron chi connectivity index (χ0n) is 9.43. The zero-order chi connectivity index (χ0) is 12.5. The first-order valence-electron chi connectivity index (χ1n) is 5.48. The van der Waals surface area contributed by atoms with Crippen LogP contribution in [-0.2, 0) is 6.54 Å². The molecule has 5 heteroatoms. The van der Waals surface area contributed by atoms with Crippen molar-refractivity contribution >= 4 is 38.2 Å². The fourth-order valence-corrected chi connectivity index (χ4v) is 3.24. The van der Waals surface area contributed by atoms with Gasteiger partial charge in [-0.15, -0.1) is 11.3 Å². The molecule has 0 radical (unpaired) electrons. The van der Waals surface area contributed by atoms with E-state index in [0.717, 1.165) is 31.8 Å². The quantitative estimate of drug-likeness (QED) is 0.785. The third-order valence-corrected chi connectivity index (χ3v) is 4.14. The van der Waals surface area contributed by atoms with Crippen LogP contribution in [0, 0.1) is 0 Å². The Morgan fingerprint density at radius 2 is 2.06 bits per heavy atom. The Bertz CT molecular complexity index is 708. The lowest BCUT2D eigenvalue weighted by Gasteiger charge is -2.03. The van der Waals surface area contributed by atoms with E-state index in [-0.39, 0.29) is 0 Å². The number of para-hydroxylation sites is 1. The van der Waals surface area contributed by atoms with E-state index in [2.05, 4.69) is 32.0 Å². The maximum Gasteiger partial charge on any atom is 0.143 e. The number of halogens is 1. The second-order valence-corrected chi connectivity index (χ2v) is 5.57. The van der Waals surface area contributed by atoms with Gasteiger partial charge in [0.05, 0.1) is 11.2 Å². The van der Waals surface area contributed by atoms with Crippen LogP contribution in [0.1, 0.15) is 5.69 Å². The number of nitrogens with two attached hydrogens (primary N) is 1. The average Bonchev–Trinajstić information content (AvgIpc) is 2.86. The van der Waals surface area contributed by atoms with Gasteiger partial charge in [0.1, 0.15) is 10.7 Å². The summed E-state index contributed by atoms with van der Waals surface area (Å²) < 4.78 is 0.958. The third kappa shape index (κ3) is 2.05. The lowest BCUT2D eigenvalue weighted by atomic mass is 10.2. The van der Waals surface area contributed by atoms with E-state index in [0.29, 0.717) is 6.54 Å². The second-order valence-electron chi connectivity index (χ2n) is 3.86. The summed E-state index contributed by atoms with van der Waals surface area (Å²) in [6.07, 6.45) is 0. The molecule has 0 fully saturated rings. The van der Waals surface area contributed by atoms with Crippen molar-refractivity contribution < 1.29 is 0 Å². The van der Waals surface area contributed by atoms with Crippen molar-refractivity contribution in [3.8, 4) is 10.7 Å². The molecule has 18 heavy (non-hydrogen) atoms. The number of rotatable bonds is 2. The fourth-order valence-electron chi connectivity index (χ4n) is 1.75. The molecule has 0 aliphatic rings. The van der Waals surface area contributed by atoms with E-state index >= 15 is 0 Å².